The van der Waals surface area contributed by atoms with Gasteiger partial charge in [-0.3, -0.25) is 0 Å². The molecule has 1 fully saturated rings. The molecule has 0 unspecified atom stereocenters. The number of alkyl halides is 3. The van der Waals surface area contributed by atoms with Gasteiger partial charge < -0.3 is 15.0 Å². The molecule has 1 saturated heterocycles. The minimum atomic E-state index is -4.61. The molecule has 1 aliphatic heterocycles. The second-order valence-electron chi connectivity index (χ2n) is 7.66. The summed E-state index contributed by atoms with van der Waals surface area (Å²) in [5.41, 5.74) is -0.0286. The number of nitrogens with one attached hydrogen (secondary N) is 1. The van der Waals surface area contributed by atoms with E-state index in [9.17, 15) is 13.2 Å². The summed E-state index contributed by atoms with van der Waals surface area (Å²) in [5, 5.41) is 11.8. The average Bonchev–Trinajstić information content (AvgIpc) is 2.86. The van der Waals surface area contributed by atoms with E-state index < -0.39 is 11.9 Å². The molecule has 0 saturated carbocycles. The quantitative estimate of drug-likeness (QED) is 0.436. The van der Waals surface area contributed by atoms with Crippen molar-refractivity contribution in [1.82, 2.24) is 14.3 Å². The van der Waals surface area contributed by atoms with Crippen LogP contribution in [0.4, 0.5) is 30.6 Å². The third-order valence-corrected chi connectivity index (χ3v) is 6.29. The highest BCUT2D eigenvalue weighted by atomic mass is 32.2. The zero-order valence-electron chi connectivity index (χ0n) is 18.9. The predicted octanol–water partition coefficient (Wildman–Crippen LogP) is 5.34. The van der Waals surface area contributed by atoms with Gasteiger partial charge >= 0.3 is 6.18 Å². The molecule has 2 aromatic carbocycles. The van der Waals surface area contributed by atoms with Crippen LogP contribution in [0.2, 0.25) is 0 Å². The SMILES string of the molecule is CCOc1ccc(SN2CCN(c3nc(Nc4ccc(C#N)cc4)cc(C(F)(F)F)n3)CC2)cc1. The number of ether oxygens (including phenoxy) is 1. The minimum Gasteiger partial charge on any atom is -0.494 e. The van der Waals surface area contributed by atoms with Crippen molar-refractivity contribution in [2.75, 3.05) is 43.0 Å². The molecule has 0 atom stereocenters. The number of halogens is 3. The number of hydrogen-bond donors (Lipinski definition) is 1. The number of anilines is 3. The van der Waals surface area contributed by atoms with E-state index in [0.717, 1.165) is 16.7 Å². The Morgan fingerprint density at radius 3 is 2.31 bits per heavy atom. The molecule has 0 spiro atoms. The Kier molecular flexibility index (Phi) is 7.63. The van der Waals surface area contributed by atoms with Crippen LogP contribution in [-0.2, 0) is 6.18 Å². The molecule has 0 amide bonds. The summed E-state index contributed by atoms with van der Waals surface area (Å²) in [6.45, 7) is 4.79. The van der Waals surface area contributed by atoms with E-state index in [0.29, 0.717) is 44.0 Å². The Morgan fingerprint density at radius 2 is 1.71 bits per heavy atom. The van der Waals surface area contributed by atoms with E-state index in [2.05, 4.69) is 19.6 Å². The summed E-state index contributed by atoms with van der Waals surface area (Å²) in [4.78, 5) is 11.0. The number of aromatic nitrogens is 2. The molecule has 1 aromatic heterocycles. The average molecular weight is 501 g/mol. The fraction of sp³-hybridized carbons (Fsp3) is 0.292. The molecule has 35 heavy (non-hydrogen) atoms. The molecule has 182 valence electrons. The van der Waals surface area contributed by atoms with Gasteiger partial charge in [0.15, 0.2) is 5.69 Å². The molecule has 0 aliphatic carbocycles. The van der Waals surface area contributed by atoms with Gasteiger partial charge in [-0.25, -0.2) is 9.29 Å². The smallest absolute Gasteiger partial charge is 0.433 e. The second kappa shape index (κ2) is 10.8. The summed E-state index contributed by atoms with van der Waals surface area (Å²) in [7, 11) is 0. The lowest BCUT2D eigenvalue weighted by Gasteiger charge is -2.34. The molecule has 0 bridgehead atoms. The molecule has 4 rings (SSSR count). The van der Waals surface area contributed by atoms with Crippen LogP contribution in [0.15, 0.2) is 59.5 Å². The van der Waals surface area contributed by atoms with Crippen molar-refractivity contribution in [3.8, 4) is 11.8 Å². The number of nitrogens with zero attached hydrogens (tertiary/aromatic N) is 5. The van der Waals surface area contributed by atoms with Crippen molar-refractivity contribution in [3.63, 3.8) is 0 Å². The highest BCUT2D eigenvalue weighted by Gasteiger charge is 2.34. The summed E-state index contributed by atoms with van der Waals surface area (Å²) in [6, 6.07) is 17.1. The van der Waals surface area contributed by atoms with Gasteiger partial charge in [-0.1, -0.05) is 0 Å². The van der Waals surface area contributed by atoms with Crippen LogP contribution >= 0.6 is 11.9 Å². The molecule has 2 heterocycles. The van der Waals surface area contributed by atoms with Crippen LogP contribution < -0.4 is 15.0 Å². The van der Waals surface area contributed by atoms with Crippen molar-refractivity contribution in [3.05, 3.63) is 65.9 Å². The fourth-order valence-electron chi connectivity index (χ4n) is 3.45. The lowest BCUT2D eigenvalue weighted by atomic mass is 10.2. The van der Waals surface area contributed by atoms with Gasteiger partial charge in [0.1, 0.15) is 11.6 Å². The molecule has 0 radical (unpaired) electrons. The summed E-state index contributed by atoms with van der Waals surface area (Å²) in [6.07, 6.45) is -4.61. The van der Waals surface area contributed by atoms with E-state index in [4.69, 9.17) is 10.00 Å². The third kappa shape index (κ3) is 6.55. The monoisotopic (exact) mass is 500 g/mol. The van der Waals surface area contributed by atoms with Gasteiger partial charge in [0.25, 0.3) is 0 Å². The first kappa shape index (κ1) is 24.6. The normalized spacial score (nSPS) is 14.4. The third-order valence-electron chi connectivity index (χ3n) is 5.18. The summed E-state index contributed by atoms with van der Waals surface area (Å²) >= 11 is 1.60. The van der Waals surface area contributed by atoms with Crippen LogP contribution in [0, 0.1) is 11.3 Å². The largest absolute Gasteiger partial charge is 0.494 e. The van der Waals surface area contributed by atoms with Gasteiger partial charge in [0.2, 0.25) is 5.95 Å². The Morgan fingerprint density at radius 1 is 1.03 bits per heavy atom. The topological polar surface area (TPSA) is 77.3 Å². The van der Waals surface area contributed by atoms with Gasteiger partial charge in [-0.05, 0) is 67.4 Å². The number of piperazine rings is 1. The van der Waals surface area contributed by atoms with Crippen molar-refractivity contribution in [1.29, 1.82) is 5.26 Å². The van der Waals surface area contributed by atoms with E-state index in [-0.39, 0.29) is 11.8 Å². The fourth-order valence-corrected chi connectivity index (χ4v) is 4.35. The molecule has 3 aromatic rings. The van der Waals surface area contributed by atoms with E-state index >= 15 is 0 Å². The molecule has 1 aliphatic rings. The zero-order valence-corrected chi connectivity index (χ0v) is 19.7. The maximum Gasteiger partial charge on any atom is 0.433 e. The molecule has 11 heteroatoms. The van der Waals surface area contributed by atoms with Crippen molar-refractivity contribution >= 4 is 29.4 Å². The van der Waals surface area contributed by atoms with E-state index in [1.807, 2.05) is 37.3 Å². The van der Waals surface area contributed by atoms with Crippen LogP contribution in [0.5, 0.6) is 5.75 Å². The number of hydrogen-bond acceptors (Lipinski definition) is 8. The van der Waals surface area contributed by atoms with Gasteiger partial charge in [0.05, 0.1) is 18.2 Å². The highest BCUT2D eigenvalue weighted by molar-refractivity contribution is 7.97. The maximum absolute atomic E-state index is 13.5. The number of rotatable bonds is 7. The van der Waals surface area contributed by atoms with Gasteiger partial charge in [-0.15, -0.1) is 0 Å². The Labute approximate surface area is 205 Å². The molecule has 7 nitrogen and oxygen atoms in total. The predicted molar refractivity (Wildman–Crippen MR) is 129 cm³/mol. The summed E-state index contributed by atoms with van der Waals surface area (Å²) in [5.74, 6) is 0.883. The van der Waals surface area contributed by atoms with Crippen LogP contribution in [0.25, 0.3) is 0 Å². The Balaban J connectivity index is 1.45. The van der Waals surface area contributed by atoms with Crippen molar-refractivity contribution in [2.24, 2.45) is 0 Å². The lowest BCUT2D eigenvalue weighted by Crippen LogP contribution is -2.44. The first-order valence-electron chi connectivity index (χ1n) is 11.0. The first-order valence-corrected chi connectivity index (χ1v) is 11.8. The van der Waals surface area contributed by atoms with Gasteiger partial charge in [0, 0.05) is 42.8 Å². The van der Waals surface area contributed by atoms with Crippen LogP contribution in [0.1, 0.15) is 18.2 Å². The van der Waals surface area contributed by atoms with E-state index in [1.54, 1.807) is 41.1 Å². The Hall–Kier alpha value is -3.49. The molecular formula is C24H23F3N6OS. The number of benzene rings is 2. The van der Waals surface area contributed by atoms with Crippen LogP contribution in [-0.4, -0.2) is 47.1 Å². The molecule has 1 N–H and O–H groups in total. The van der Waals surface area contributed by atoms with Crippen molar-refractivity contribution < 1.29 is 17.9 Å². The minimum absolute atomic E-state index is 0.0293. The standard InChI is InChI=1S/C24H23F3N6OS/c1-2-34-19-7-9-20(10-8-19)35-33-13-11-32(12-14-33)23-30-21(24(25,26)27)15-22(31-23)29-18-5-3-17(16-28)4-6-18/h3-10,15H,2,11-14H2,1H3,(H,29,30,31). The zero-order chi connectivity index (χ0) is 24.8. The van der Waals surface area contributed by atoms with E-state index in [1.165, 1.54) is 0 Å². The maximum atomic E-state index is 13.5. The van der Waals surface area contributed by atoms with Crippen LogP contribution in [0.3, 0.4) is 0 Å². The lowest BCUT2D eigenvalue weighted by molar-refractivity contribution is -0.141. The van der Waals surface area contributed by atoms with Gasteiger partial charge in [-0.2, -0.15) is 23.4 Å². The summed E-state index contributed by atoms with van der Waals surface area (Å²) < 4.78 is 48.2. The van der Waals surface area contributed by atoms with Crippen molar-refractivity contribution in [2.45, 2.75) is 18.0 Å². The number of nitriles is 1. The second-order valence-corrected chi connectivity index (χ2v) is 8.83. The Bertz CT molecular complexity index is 1170. The highest BCUT2D eigenvalue weighted by Crippen LogP contribution is 2.32. The molecular weight excluding hydrogens is 477 g/mol. The first-order chi connectivity index (χ1) is 16.8.